The average molecular weight is 670 g/mol. The van der Waals surface area contributed by atoms with Gasteiger partial charge in [-0.15, -0.1) is 0 Å². The van der Waals surface area contributed by atoms with E-state index in [0.29, 0.717) is 6.61 Å². The van der Waals surface area contributed by atoms with Gasteiger partial charge in [0.25, 0.3) is 0 Å². The van der Waals surface area contributed by atoms with Gasteiger partial charge < -0.3 is 9.64 Å². The molecule has 0 radical (unpaired) electrons. The summed E-state index contributed by atoms with van der Waals surface area (Å²) in [6, 6.07) is 60.7. The lowest BCUT2D eigenvalue weighted by Gasteiger charge is -2.32. The molecule has 2 aliphatic rings. The van der Waals surface area contributed by atoms with Crippen LogP contribution in [-0.2, 0) is 23.2 Å². The fourth-order valence-electron chi connectivity index (χ4n) is 8.80. The maximum absolute atomic E-state index is 5.96. The summed E-state index contributed by atoms with van der Waals surface area (Å²) in [4.78, 5) is 2.50. The molecule has 0 fully saturated rings. The molecule has 0 atom stereocenters. The number of ether oxygens (including phenoxy) is 1. The second-order valence-electron chi connectivity index (χ2n) is 14.8. The lowest BCUT2D eigenvalue weighted by Crippen LogP contribution is -2.18. The van der Waals surface area contributed by atoms with Crippen molar-refractivity contribution < 1.29 is 4.74 Å². The van der Waals surface area contributed by atoms with E-state index in [1.165, 1.54) is 82.9 Å². The molecule has 1 aliphatic heterocycles. The second-order valence-corrected chi connectivity index (χ2v) is 14.8. The second kappa shape index (κ2) is 12.1. The Bertz CT molecular complexity index is 2650. The van der Waals surface area contributed by atoms with E-state index >= 15 is 0 Å². The first kappa shape index (κ1) is 30.8. The van der Waals surface area contributed by atoms with E-state index in [2.05, 4.69) is 183 Å². The Morgan fingerprint density at radius 3 is 2.06 bits per heavy atom. The van der Waals surface area contributed by atoms with Gasteiger partial charge in [0, 0.05) is 22.4 Å². The molecule has 0 saturated heterocycles. The van der Waals surface area contributed by atoms with Crippen molar-refractivity contribution in [3.8, 4) is 33.4 Å². The van der Waals surface area contributed by atoms with Crippen molar-refractivity contribution in [3.05, 3.63) is 186 Å². The van der Waals surface area contributed by atoms with E-state index in [1.807, 2.05) is 0 Å². The quantitative estimate of drug-likeness (QED) is 0.169. The van der Waals surface area contributed by atoms with Gasteiger partial charge in [0.05, 0.1) is 18.9 Å². The van der Waals surface area contributed by atoms with Crippen LogP contribution in [0.5, 0.6) is 0 Å². The van der Waals surface area contributed by atoms with Crippen molar-refractivity contribution in [2.75, 3.05) is 11.5 Å². The molecule has 1 heterocycles. The van der Waals surface area contributed by atoms with Crippen LogP contribution in [0, 0.1) is 0 Å². The summed E-state index contributed by atoms with van der Waals surface area (Å²) in [5.74, 6) is 0. The summed E-state index contributed by atoms with van der Waals surface area (Å²) in [6.07, 6.45) is 0.901. The van der Waals surface area contributed by atoms with Crippen LogP contribution in [0.4, 0.5) is 17.1 Å². The third kappa shape index (κ3) is 4.90. The molecule has 0 saturated carbocycles. The van der Waals surface area contributed by atoms with Gasteiger partial charge in [-0.1, -0.05) is 141 Å². The van der Waals surface area contributed by atoms with E-state index in [0.717, 1.165) is 24.4 Å². The van der Waals surface area contributed by atoms with Gasteiger partial charge in [0.15, 0.2) is 0 Å². The zero-order chi connectivity index (χ0) is 34.8. The summed E-state index contributed by atoms with van der Waals surface area (Å²) in [7, 11) is 0. The van der Waals surface area contributed by atoms with Crippen LogP contribution in [0.25, 0.3) is 54.9 Å². The number of nitrogens with zero attached hydrogens (tertiary/aromatic N) is 1. The Hall–Kier alpha value is -5.96. The first-order valence-corrected chi connectivity index (χ1v) is 18.4. The van der Waals surface area contributed by atoms with E-state index in [-0.39, 0.29) is 5.41 Å². The van der Waals surface area contributed by atoms with Crippen LogP contribution in [0.15, 0.2) is 164 Å². The van der Waals surface area contributed by atoms with Crippen LogP contribution in [0.1, 0.15) is 36.1 Å². The molecule has 2 nitrogen and oxygen atoms in total. The molecule has 10 rings (SSSR count). The summed E-state index contributed by atoms with van der Waals surface area (Å²) < 4.78 is 5.96. The lowest BCUT2D eigenvalue weighted by atomic mass is 9.81. The van der Waals surface area contributed by atoms with Crippen molar-refractivity contribution in [2.24, 2.45) is 0 Å². The molecule has 0 unspecified atom stereocenters. The molecule has 8 aromatic rings. The van der Waals surface area contributed by atoms with Gasteiger partial charge in [0.1, 0.15) is 0 Å². The first-order valence-electron chi connectivity index (χ1n) is 18.4. The predicted octanol–water partition coefficient (Wildman–Crippen LogP) is 13.2. The Labute approximate surface area is 305 Å². The Morgan fingerprint density at radius 2 is 1.19 bits per heavy atom. The van der Waals surface area contributed by atoms with Gasteiger partial charge in [-0.25, -0.2) is 0 Å². The molecule has 0 amide bonds. The predicted molar refractivity (Wildman–Crippen MR) is 218 cm³/mol. The molecule has 2 heteroatoms. The molecular weight excluding hydrogens is 631 g/mol. The van der Waals surface area contributed by atoms with Crippen LogP contribution in [0.2, 0.25) is 0 Å². The molecule has 8 aromatic carbocycles. The molecule has 1 aliphatic carbocycles. The highest BCUT2D eigenvalue weighted by atomic mass is 16.5. The zero-order valence-electron chi connectivity index (χ0n) is 29.6. The van der Waals surface area contributed by atoms with Gasteiger partial charge in [-0.2, -0.15) is 0 Å². The monoisotopic (exact) mass is 669 g/mol. The third-order valence-electron chi connectivity index (χ3n) is 11.5. The van der Waals surface area contributed by atoms with E-state index in [1.54, 1.807) is 0 Å². The Kier molecular flexibility index (Phi) is 7.16. The standard InChI is InChI=1S/C50H39NO/c1-50(2)47-18-9-8-16-43(47)45-30-46(42-17-10-14-37-32-52-28-27-41(37)42)49(31-48(45)50)51(38-24-21-34(22-25-38)33-11-4-3-5-12-33)39-26-23-36-20-19-35-13-6-7-15-40(35)44(36)29-39/h3-26,29-31H,27-28,32H2,1-2H3. The van der Waals surface area contributed by atoms with E-state index in [4.69, 9.17) is 4.74 Å². The minimum atomic E-state index is -0.147. The van der Waals surface area contributed by atoms with Gasteiger partial charge in [0.2, 0.25) is 0 Å². The smallest absolute Gasteiger partial charge is 0.0719 e. The van der Waals surface area contributed by atoms with Crippen molar-refractivity contribution in [3.63, 3.8) is 0 Å². The highest BCUT2D eigenvalue weighted by Gasteiger charge is 2.37. The number of benzene rings is 8. The average Bonchev–Trinajstić information content (AvgIpc) is 3.43. The number of anilines is 3. The van der Waals surface area contributed by atoms with Crippen molar-refractivity contribution in [2.45, 2.75) is 32.3 Å². The number of rotatable bonds is 5. The molecule has 0 aromatic heterocycles. The lowest BCUT2D eigenvalue weighted by molar-refractivity contribution is 0.111. The third-order valence-corrected chi connectivity index (χ3v) is 11.5. The Morgan fingerprint density at radius 1 is 0.500 bits per heavy atom. The molecule has 0 spiro atoms. The van der Waals surface area contributed by atoms with E-state index < -0.39 is 0 Å². The fraction of sp³-hybridized carbons (Fsp3) is 0.120. The number of fused-ring (bicyclic) bond motifs is 7. The normalized spacial score (nSPS) is 14.2. The summed E-state index contributed by atoms with van der Waals surface area (Å²) in [5.41, 5.74) is 16.3. The molecular formula is C50H39NO. The SMILES string of the molecule is CC1(C)c2ccccc2-c2cc(-c3cccc4c3CCOC4)c(N(c3ccc(-c4ccccc4)cc3)c3ccc4ccc5ccccc5c4c3)cc21. The summed E-state index contributed by atoms with van der Waals surface area (Å²) >= 11 is 0. The van der Waals surface area contributed by atoms with Crippen molar-refractivity contribution >= 4 is 38.6 Å². The van der Waals surface area contributed by atoms with Gasteiger partial charge >= 0.3 is 0 Å². The van der Waals surface area contributed by atoms with E-state index in [9.17, 15) is 0 Å². The zero-order valence-corrected chi connectivity index (χ0v) is 29.6. The summed E-state index contributed by atoms with van der Waals surface area (Å²) in [5, 5.41) is 5.02. The van der Waals surface area contributed by atoms with Crippen molar-refractivity contribution in [1.29, 1.82) is 0 Å². The van der Waals surface area contributed by atoms with Crippen LogP contribution in [0.3, 0.4) is 0 Å². The van der Waals surface area contributed by atoms with Gasteiger partial charge in [-0.05, 0) is 114 Å². The first-order chi connectivity index (χ1) is 25.5. The van der Waals surface area contributed by atoms with Crippen LogP contribution < -0.4 is 4.90 Å². The maximum atomic E-state index is 5.96. The van der Waals surface area contributed by atoms with Crippen LogP contribution in [-0.4, -0.2) is 6.61 Å². The molecule has 0 N–H and O–H groups in total. The largest absolute Gasteiger partial charge is 0.376 e. The fourth-order valence-corrected chi connectivity index (χ4v) is 8.80. The maximum Gasteiger partial charge on any atom is 0.0719 e. The molecule has 250 valence electrons. The molecule has 0 bridgehead atoms. The highest BCUT2D eigenvalue weighted by Crippen LogP contribution is 2.54. The Balaban J connectivity index is 1.27. The minimum absolute atomic E-state index is 0.147. The minimum Gasteiger partial charge on any atom is -0.376 e. The van der Waals surface area contributed by atoms with Crippen LogP contribution >= 0.6 is 0 Å². The number of hydrogen-bond acceptors (Lipinski definition) is 2. The molecule has 52 heavy (non-hydrogen) atoms. The number of hydrogen-bond donors (Lipinski definition) is 0. The van der Waals surface area contributed by atoms with Gasteiger partial charge in [-0.3, -0.25) is 0 Å². The highest BCUT2D eigenvalue weighted by molar-refractivity contribution is 6.09. The summed E-state index contributed by atoms with van der Waals surface area (Å²) in [6.45, 7) is 6.15. The van der Waals surface area contributed by atoms with Crippen molar-refractivity contribution in [1.82, 2.24) is 0 Å². The topological polar surface area (TPSA) is 12.5 Å².